The summed E-state index contributed by atoms with van der Waals surface area (Å²) in [5, 5.41) is 0. The molecule has 0 heterocycles. The molecule has 18 heavy (non-hydrogen) atoms. The van der Waals surface area contributed by atoms with E-state index in [0.717, 1.165) is 12.3 Å². The monoisotopic (exact) mass is 246 g/mol. The van der Waals surface area contributed by atoms with E-state index >= 15 is 0 Å². The van der Waals surface area contributed by atoms with Crippen molar-refractivity contribution in [3.05, 3.63) is 35.4 Å². The van der Waals surface area contributed by atoms with Gasteiger partial charge in [0.25, 0.3) is 0 Å². The fourth-order valence-corrected chi connectivity index (χ4v) is 2.65. The van der Waals surface area contributed by atoms with Crippen LogP contribution in [0.5, 0.6) is 0 Å². The van der Waals surface area contributed by atoms with Crippen LogP contribution in [0.1, 0.15) is 56.1 Å². The van der Waals surface area contributed by atoms with Crippen molar-refractivity contribution in [2.45, 2.75) is 51.4 Å². The molecule has 0 N–H and O–H groups in total. The number of rotatable bonds is 5. The Balaban J connectivity index is 1.88. The molecule has 1 aromatic carbocycles. The molecule has 1 aliphatic carbocycles. The summed E-state index contributed by atoms with van der Waals surface area (Å²) in [4.78, 5) is 11.1. The Morgan fingerprint density at radius 2 is 2.11 bits per heavy atom. The zero-order valence-corrected chi connectivity index (χ0v) is 11.2. The first kappa shape index (κ1) is 13.1. The van der Waals surface area contributed by atoms with E-state index in [-0.39, 0.29) is 5.97 Å². The molecule has 1 saturated carbocycles. The highest BCUT2D eigenvalue weighted by Crippen LogP contribution is 2.34. The molecule has 2 rings (SSSR count). The van der Waals surface area contributed by atoms with Gasteiger partial charge in [-0.3, -0.25) is 4.79 Å². The number of esters is 1. The van der Waals surface area contributed by atoms with Crippen molar-refractivity contribution < 1.29 is 9.53 Å². The third-order valence-corrected chi connectivity index (χ3v) is 3.72. The zero-order valence-electron chi connectivity index (χ0n) is 11.2. The van der Waals surface area contributed by atoms with Crippen LogP contribution in [-0.4, -0.2) is 12.6 Å². The van der Waals surface area contributed by atoms with Crippen LogP contribution in [0.3, 0.4) is 0 Å². The summed E-state index contributed by atoms with van der Waals surface area (Å²) in [5.41, 5.74) is 2.75. The molecule has 98 valence electrons. The molecular formula is C16H22O2. The van der Waals surface area contributed by atoms with Gasteiger partial charge in [0.2, 0.25) is 0 Å². The lowest BCUT2D eigenvalue weighted by atomic mass is 9.95. The first-order chi connectivity index (χ1) is 8.79. The van der Waals surface area contributed by atoms with E-state index in [0.29, 0.717) is 13.0 Å². The Labute approximate surface area is 109 Å². The van der Waals surface area contributed by atoms with Crippen LogP contribution < -0.4 is 0 Å². The summed E-state index contributed by atoms with van der Waals surface area (Å²) < 4.78 is 5.12. The Morgan fingerprint density at radius 1 is 1.33 bits per heavy atom. The average Bonchev–Trinajstić information content (AvgIpc) is 2.93. The highest BCUT2D eigenvalue weighted by Gasteiger charge is 2.16. The molecule has 0 aromatic heterocycles. The second kappa shape index (κ2) is 6.58. The van der Waals surface area contributed by atoms with Gasteiger partial charge in [-0.25, -0.2) is 0 Å². The van der Waals surface area contributed by atoms with Gasteiger partial charge in [-0.2, -0.15) is 0 Å². The summed E-state index contributed by atoms with van der Waals surface area (Å²) in [7, 11) is 0. The van der Waals surface area contributed by atoms with Crippen molar-refractivity contribution in [2.24, 2.45) is 0 Å². The molecule has 0 atom stereocenters. The van der Waals surface area contributed by atoms with Crippen molar-refractivity contribution in [2.75, 3.05) is 6.61 Å². The van der Waals surface area contributed by atoms with E-state index in [1.165, 1.54) is 36.8 Å². The predicted molar refractivity (Wildman–Crippen MR) is 72.6 cm³/mol. The second-order valence-corrected chi connectivity index (χ2v) is 5.05. The number of hydrogen-bond donors (Lipinski definition) is 0. The summed E-state index contributed by atoms with van der Waals surface area (Å²) in [6, 6.07) is 8.77. The van der Waals surface area contributed by atoms with Crippen LogP contribution in [0.25, 0.3) is 0 Å². The van der Waals surface area contributed by atoms with Crippen LogP contribution in [0, 0.1) is 0 Å². The number of benzene rings is 1. The van der Waals surface area contributed by atoms with Gasteiger partial charge in [0.1, 0.15) is 0 Å². The van der Waals surface area contributed by atoms with Crippen LogP contribution in [-0.2, 0) is 16.0 Å². The van der Waals surface area contributed by atoms with Gasteiger partial charge in [-0.15, -0.1) is 0 Å². The van der Waals surface area contributed by atoms with Crippen LogP contribution in [0.2, 0.25) is 0 Å². The summed E-state index contributed by atoms with van der Waals surface area (Å²) in [5.74, 6) is 0.644. The lowest BCUT2D eigenvalue weighted by molar-refractivity contribution is -0.143. The topological polar surface area (TPSA) is 26.3 Å². The molecular weight excluding hydrogens is 224 g/mol. The maximum Gasteiger partial charge on any atom is 0.305 e. The van der Waals surface area contributed by atoms with Crippen LogP contribution >= 0.6 is 0 Å². The largest absolute Gasteiger partial charge is 0.465 e. The van der Waals surface area contributed by atoms with E-state index < -0.39 is 0 Å². The summed E-state index contributed by atoms with van der Waals surface area (Å²) in [6.07, 6.45) is 6.67. The van der Waals surface area contributed by atoms with Gasteiger partial charge >= 0.3 is 5.97 Å². The molecule has 1 aliphatic rings. The van der Waals surface area contributed by atoms with Crippen molar-refractivity contribution in [3.63, 3.8) is 0 Å². The van der Waals surface area contributed by atoms with E-state index in [1.54, 1.807) is 0 Å². The summed E-state index contributed by atoms with van der Waals surface area (Å²) in [6.45, 7) is 2.32. The molecule has 0 bridgehead atoms. The quantitative estimate of drug-likeness (QED) is 0.738. The minimum absolute atomic E-state index is 0.109. The average molecular weight is 246 g/mol. The standard InChI is InChI=1S/C16H22O2/c1-2-16(17)18-11-10-13-6-5-9-15(12-13)14-7-3-4-8-14/h5-6,9,12,14H,2-4,7-8,10-11H2,1H3. The molecule has 0 unspecified atom stereocenters. The van der Waals surface area contributed by atoms with Gasteiger partial charge in [0.15, 0.2) is 0 Å². The maximum absolute atomic E-state index is 11.1. The van der Waals surface area contributed by atoms with E-state index in [1.807, 2.05) is 6.92 Å². The lowest BCUT2D eigenvalue weighted by Gasteiger charge is -2.11. The first-order valence-corrected chi connectivity index (χ1v) is 7.04. The molecule has 1 aromatic rings. The molecule has 2 nitrogen and oxygen atoms in total. The maximum atomic E-state index is 11.1. The van der Waals surface area contributed by atoms with Crippen molar-refractivity contribution in [1.82, 2.24) is 0 Å². The van der Waals surface area contributed by atoms with Crippen LogP contribution in [0.15, 0.2) is 24.3 Å². The highest BCUT2D eigenvalue weighted by molar-refractivity contribution is 5.68. The first-order valence-electron chi connectivity index (χ1n) is 7.04. The van der Waals surface area contributed by atoms with Gasteiger partial charge in [0.05, 0.1) is 6.61 Å². The molecule has 0 spiro atoms. The van der Waals surface area contributed by atoms with Crippen molar-refractivity contribution in [1.29, 1.82) is 0 Å². The van der Waals surface area contributed by atoms with E-state index in [4.69, 9.17) is 4.74 Å². The van der Waals surface area contributed by atoms with Crippen LogP contribution in [0.4, 0.5) is 0 Å². The fraction of sp³-hybridized carbons (Fsp3) is 0.562. The smallest absolute Gasteiger partial charge is 0.305 e. The van der Waals surface area contributed by atoms with Crippen molar-refractivity contribution in [3.8, 4) is 0 Å². The molecule has 0 radical (unpaired) electrons. The SMILES string of the molecule is CCC(=O)OCCc1cccc(C2CCCC2)c1. The molecule has 0 amide bonds. The molecule has 0 aliphatic heterocycles. The Morgan fingerprint density at radius 3 is 2.83 bits per heavy atom. The van der Waals surface area contributed by atoms with Gasteiger partial charge in [-0.1, -0.05) is 44.0 Å². The number of hydrogen-bond acceptors (Lipinski definition) is 2. The predicted octanol–water partition coefficient (Wildman–Crippen LogP) is 3.84. The lowest BCUT2D eigenvalue weighted by Crippen LogP contribution is -2.06. The van der Waals surface area contributed by atoms with Gasteiger partial charge in [0, 0.05) is 12.8 Å². The van der Waals surface area contributed by atoms with E-state index in [9.17, 15) is 4.79 Å². The minimum Gasteiger partial charge on any atom is -0.465 e. The zero-order chi connectivity index (χ0) is 12.8. The normalized spacial score (nSPS) is 15.8. The number of carbonyl (C=O) groups excluding carboxylic acids is 1. The fourth-order valence-electron chi connectivity index (χ4n) is 2.65. The van der Waals surface area contributed by atoms with Crippen molar-refractivity contribution >= 4 is 5.97 Å². The Hall–Kier alpha value is -1.31. The Kier molecular flexibility index (Phi) is 4.80. The number of ether oxygens (including phenoxy) is 1. The third-order valence-electron chi connectivity index (χ3n) is 3.72. The van der Waals surface area contributed by atoms with E-state index in [2.05, 4.69) is 24.3 Å². The third kappa shape index (κ3) is 3.59. The minimum atomic E-state index is -0.109. The van der Waals surface area contributed by atoms with Gasteiger partial charge in [-0.05, 0) is 29.9 Å². The van der Waals surface area contributed by atoms with Gasteiger partial charge < -0.3 is 4.74 Å². The molecule has 2 heteroatoms. The second-order valence-electron chi connectivity index (χ2n) is 5.05. The Bertz CT molecular complexity index is 392. The highest BCUT2D eigenvalue weighted by atomic mass is 16.5. The number of carbonyl (C=O) groups is 1. The molecule has 0 saturated heterocycles. The summed E-state index contributed by atoms with van der Waals surface area (Å²) >= 11 is 0. The molecule has 1 fully saturated rings.